The van der Waals surface area contributed by atoms with E-state index in [4.69, 9.17) is 12.6 Å². The molecular formula is C12H8F2HgS. The van der Waals surface area contributed by atoms with Gasteiger partial charge in [-0.1, -0.05) is 12.1 Å². The van der Waals surface area contributed by atoms with Gasteiger partial charge < -0.3 is 12.6 Å². The second-order valence-electron chi connectivity index (χ2n) is 2.67. The number of hydrogen-bond acceptors (Lipinski definition) is 1. The van der Waals surface area contributed by atoms with Crippen LogP contribution in [0.1, 0.15) is 0 Å². The van der Waals surface area contributed by atoms with Crippen LogP contribution in [0.3, 0.4) is 0 Å². The molecule has 0 fully saturated rings. The molecule has 0 bridgehead atoms. The fourth-order valence-corrected chi connectivity index (χ4v) is 0.937. The quantitative estimate of drug-likeness (QED) is 0.350. The van der Waals surface area contributed by atoms with Crippen LogP contribution >= 0.6 is 0 Å². The van der Waals surface area contributed by atoms with Crippen molar-refractivity contribution in [3.8, 4) is 0 Å². The Morgan fingerprint density at radius 1 is 1.00 bits per heavy atom. The van der Waals surface area contributed by atoms with E-state index in [-0.39, 0.29) is 39.3 Å². The molecule has 1 aromatic carbocycles. The Kier molecular flexibility index (Phi) is 8.35. The molecule has 2 rings (SSSR count). The molecule has 0 aliphatic heterocycles. The second-order valence-corrected chi connectivity index (χ2v) is 3.14. The first-order valence-corrected chi connectivity index (χ1v) is 4.63. The molecule has 0 spiro atoms. The predicted molar refractivity (Wildman–Crippen MR) is 58.2 cm³/mol. The third-order valence-electron chi connectivity index (χ3n) is 1.49. The molecule has 1 aliphatic rings. The first-order chi connectivity index (χ1) is 7.18. The minimum absolute atomic E-state index is 0. The first-order valence-electron chi connectivity index (χ1n) is 4.22. The van der Waals surface area contributed by atoms with Crippen LogP contribution in [0.15, 0.2) is 58.9 Å². The van der Waals surface area contributed by atoms with E-state index in [0.717, 1.165) is 0 Å². The second kappa shape index (κ2) is 8.62. The van der Waals surface area contributed by atoms with E-state index in [2.05, 4.69) is 5.73 Å². The van der Waals surface area contributed by atoms with E-state index in [1.165, 1.54) is 36.8 Å². The summed E-state index contributed by atoms with van der Waals surface area (Å²) in [5.74, 6) is -0.447. The van der Waals surface area contributed by atoms with Crippen LogP contribution in [0.4, 0.5) is 8.78 Å². The van der Waals surface area contributed by atoms with Crippen LogP contribution in [0.25, 0.3) is 0 Å². The number of allylic oxidation sites excluding steroid dienone is 3. The minimum atomic E-state index is -0.237. The van der Waals surface area contributed by atoms with Crippen LogP contribution in [-0.2, 0) is 40.3 Å². The summed E-state index contributed by atoms with van der Waals surface area (Å²) in [5.41, 5.74) is 2.69. The average molecular weight is 423 g/mol. The summed E-state index contributed by atoms with van der Waals surface area (Å²) in [4.78, 5) is 0.673. The van der Waals surface area contributed by atoms with Gasteiger partial charge in [0.2, 0.25) is 0 Å². The van der Waals surface area contributed by atoms with Gasteiger partial charge in [0.05, 0.1) is 0 Å². The Hall–Kier alpha value is -0.505. The van der Waals surface area contributed by atoms with Crippen molar-refractivity contribution in [2.75, 3.05) is 0 Å². The van der Waals surface area contributed by atoms with Crippen molar-refractivity contribution in [2.45, 2.75) is 4.90 Å². The molecule has 0 saturated heterocycles. The fraction of sp³-hybridized carbons (Fsp3) is 0. The van der Waals surface area contributed by atoms with Gasteiger partial charge in [-0.15, -0.1) is 5.73 Å². The monoisotopic (exact) mass is 424 g/mol. The van der Waals surface area contributed by atoms with E-state index >= 15 is 0 Å². The average Bonchev–Trinajstić information content (AvgIpc) is 2.25. The molecule has 1 aromatic rings. The van der Waals surface area contributed by atoms with Crippen molar-refractivity contribution < 1.29 is 36.4 Å². The molecule has 0 nitrogen and oxygen atoms in total. The zero-order valence-electron chi connectivity index (χ0n) is 8.49. The first kappa shape index (κ1) is 15.5. The molecule has 0 amide bonds. The summed E-state index contributed by atoms with van der Waals surface area (Å²) >= 11 is 4.70. The molecule has 0 heterocycles. The summed E-state index contributed by atoms with van der Waals surface area (Å²) in [5, 5.41) is 0. The third-order valence-corrected chi connectivity index (χ3v) is 1.76. The summed E-state index contributed by atoms with van der Waals surface area (Å²) < 4.78 is 23.9. The van der Waals surface area contributed by atoms with Crippen molar-refractivity contribution in [3.05, 3.63) is 66.3 Å². The van der Waals surface area contributed by atoms with Crippen LogP contribution in [0.2, 0.25) is 0 Å². The topological polar surface area (TPSA) is 0 Å². The maximum absolute atomic E-state index is 12.0. The van der Waals surface area contributed by atoms with Crippen LogP contribution in [0, 0.1) is 12.2 Å². The van der Waals surface area contributed by atoms with Crippen molar-refractivity contribution >= 4 is 12.6 Å². The van der Waals surface area contributed by atoms with Crippen LogP contribution < -0.4 is 0 Å². The van der Waals surface area contributed by atoms with Crippen LogP contribution in [0.5, 0.6) is 0 Å². The summed E-state index contributed by atoms with van der Waals surface area (Å²) in [6.45, 7) is 0. The molecule has 0 saturated carbocycles. The van der Waals surface area contributed by atoms with E-state index in [1.807, 2.05) is 0 Å². The Morgan fingerprint density at radius 2 is 1.62 bits per heavy atom. The number of benzene rings is 1. The molecule has 0 atom stereocenters. The molecular weight excluding hydrogens is 415 g/mol. The SMILES string of the molecule is FC1=CC=C=C[CH]1.Fc1ccc([S-])cc1.[Hg+]. The van der Waals surface area contributed by atoms with Crippen molar-refractivity contribution in [2.24, 2.45) is 0 Å². The zero-order chi connectivity index (χ0) is 11.1. The molecule has 16 heavy (non-hydrogen) atoms. The molecule has 0 N–H and O–H groups in total. The van der Waals surface area contributed by atoms with Gasteiger partial charge >= 0.3 is 27.7 Å². The molecule has 2 radical (unpaired) electrons. The van der Waals surface area contributed by atoms with Gasteiger partial charge in [0.25, 0.3) is 0 Å². The van der Waals surface area contributed by atoms with Crippen molar-refractivity contribution in [3.63, 3.8) is 0 Å². The maximum atomic E-state index is 12.0. The standard InChI is InChI=1S/C6H5FS.C6H4F.Hg/c7-5-1-3-6(8)4-2-5;7-6-4-2-1-3-5-6;/h1-4,8H;2-5H;/q;;+1/p-1. The van der Waals surface area contributed by atoms with Gasteiger partial charge in [0, 0.05) is 6.42 Å². The van der Waals surface area contributed by atoms with Crippen LogP contribution in [-0.4, -0.2) is 0 Å². The Labute approximate surface area is 120 Å². The van der Waals surface area contributed by atoms with Gasteiger partial charge in [0.15, 0.2) is 0 Å². The van der Waals surface area contributed by atoms with Gasteiger partial charge in [-0.2, -0.15) is 4.90 Å². The summed E-state index contributed by atoms with van der Waals surface area (Å²) in [7, 11) is 0. The molecule has 1 aliphatic carbocycles. The largest absolute Gasteiger partial charge is 1.00 e. The normalized spacial score (nSPS) is 12.0. The maximum Gasteiger partial charge on any atom is 1.00 e. The van der Waals surface area contributed by atoms with E-state index < -0.39 is 0 Å². The van der Waals surface area contributed by atoms with Crippen molar-refractivity contribution in [1.29, 1.82) is 0 Å². The Balaban J connectivity index is 0.000000267. The molecule has 78 valence electrons. The molecule has 0 unspecified atom stereocenters. The number of rotatable bonds is 0. The molecule has 4 heteroatoms. The van der Waals surface area contributed by atoms with Gasteiger partial charge in [0.1, 0.15) is 11.6 Å². The summed E-state index contributed by atoms with van der Waals surface area (Å²) in [6, 6.07) is 5.82. The summed E-state index contributed by atoms with van der Waals surface area (Å²) in [6.07, 6.45) is 5.80. The van der Waals surface area contributed by atoms with Crippen molar-refractivity contribution in [1.82, 2.24) is 0 Å². The molecule has 0 aromatic heterocycles. The third kappa shape index (κ3) is 6.88. The minimum Gasteiger partial charge on any atom is -0.780 e. The predicted octanol–water partition coefficient (Wildman–Crippen LogP) is 3.50. The van der Waals surface area contributed by atoms with Gasteiger partial charge in [-0.05, 0) is 30.4 Å². The van der Waals surface area contributed by atoms with Gasteiger partial charge in [-0.3, -0.25) is 0 Å². The number of hydrogen-bond donors (Lipinski definition) is 0. The fourth-order valence-electron chi connectivity index (χ4n) is 0.801. The number of halogens is 2. The Morgan fingerprint density at radius 3 is 1.94 bits per heavy atom. The van der Waals surface area contributed by atoms with E-state index in [1.54, 1.807) is 12.1 Å². The zero-order valence-corrected chi connectivity index (χ0v) is 14.8. The van der Waals surface area contributed by atoms with E-state index in [0.29, 0.717) is 4.90 Å². The Bertz CT molecular complexity index is 383. The van der Waals surface area contributed by atoms with E-state index in [9.17, 15) is 8.78 Å². The van der Waals surface area contributed by atoms with Gasteiger partial charge in [-0.25, -0.2) is 8.78 Å². The smallest absolute Gasteiger partial charge is 0.780 e.